The smallest absolute Gasteiger partial charge is 0.00547 e. The van der Waals surface area contributed by atoms with Crippen LogP contribution in [0.2, 0.25) is 0 Å². The van der Waals surface area contributed by atoms with E-state index in [-0.39, 0.29) is 0 Å². The lowest BCUT2D eigenvalue weighted by Crippen LogP contribution is -2.04. The molecule has 0 saturated carbocycles. The van der Waals surface area contributed by atoms with Crippen LogP contribution in [0, 0.1) is 5.92 Å². The van der Waals surface area contributed by atoms with Crippen LogP contribution in [0.1, 0.15) is 52.0 Å². The lowest BCUT2D eigenvalue weighted by molar-refractivity contribution is 0.527. The minimum atomic E-state index is 0.504. The first-order chi connectivity index (χ1) is 10.6. The average Bonchev–Trinajstić information content (AvgIpc) is 2.53. The Balaban J connectivity index is 2.46. The van der Waals surface area contributed by atoms with E-state index in [1.54, 1.807) is 0 Å². The molecule has 0 bridgehead atoms. The minimum absolute atomic E-state index is 0.504. The topological polar surface area (TPSA) is 0 Å². The molecule has 0 heteroatoms. The Morgan fingerprint density at radius 2 is 1.73 bits per heavy atom. The molecule has 0 amide bonds. The van der Waals surface area contributed by atoms with Gasteiger partial charge in [-0.15, -0.1) is 0 Å². The molecule has 2 aromatic rings. The van der Waals surface area contributed by atoms with Crippen LogP contribution in [0.4, 0.5) is 0 Å². The van der Waals surface area contributed by atoms with Crippen molar-refractivity contribution in [2.75, 3.05) is 0 Å². The van der Waals surface area contributed by atoms with Crippen LogP contribution in [0.25, 0.3) is 10.8 Å². The Bertz CT molecular complexity index is 653. The number of hydrogen-bond donors (Lipinski definition) is 0. The van der Waals surface area contributed by atoms with Crippen molar-refractivity contribution in [1.29, 1.82) is 0 Å². The molecule has 0 aliphatic rings. The predicted molar refractivity (Wildman–Crippen MR) is 99.3 cm³/mol. The summed E-state index contributed by atoms with van der Waals surface area (Å²) < 4.78 is 0. The molecule has 0 aliphatic heterocycles. The van der Waals surface area contributed by atoms with Crippen LogP contribution >= 0.6 is 0 Å². The molecule has 1 atom stereocenters. The van der Waals surface area contributed by atoms with E-state index in [4.69, 9.17) is 0 Å². The molecule has 22 heavy (non-hydrogen) atoms. The third-order valence-electron chi connectivity index (χ3n) is 4.33. The molecule has 0 nitrogen and oxygen atoms in total. The summed E-state index contributed by atoms with van der Waals surface area (Å²) in [6.45, 7) is 8.97. The van der Waals surface area contributed by atoms with Crippen molar-refractivity contribution in [2.24, 2.45) is 5.92 Å². The highest BCUT2D eigenvalue weighted by Crippen LogP contribution is 2.35. The molecule has 116 valence electrons. The first kappa shape index (κ1) is 16.5. The van der Waals surface area contributed by atoms with Crippen LogP contribution in [0.15, 0.2) is 66.3 Å². The number of rotatable bonds is 6. The SMILES string of the molecule is CC=CC=C(C)C(CCC(C)C)c1cccc2ccccc12. The van der Waals surface area contributed by atoms with E-state index in [9.17, 15) is 0 Å². The number of allylic oxidation sites excluding steroid dienone is 4. The van der Waals surface area contributed by atoms with Crippen molar-refractivity contribution in [3.63, 3.8) is 0 Å². The maximum atomic E-state index is 2.31. The summed E-state index contributed by atoms with van der Waals surface area (Å²) in [5, 5.41) is 2.74. The molecule has 2 aromatic carbocycles. The highest BCUT2D eigenvalue weighted by molar-refractivity contribution is 5.86. The quantitative estimate of drug-likeness (QED) is 0.509. The van der Waals surface area contributed by atoms with Crippen LogP contribution in [-0.4, -0.2) is 0 Å². The van der Waals surface area contributed by atoms with Crippen LogP contribution in [-0.2, 0) is 0 Å². The summed E-state index contributed by atoms with van der Waals surface area (Å²) in [5.74, 6) is 1.25. The number of benzene rings is 2. The van der Waals surface area contributed by atoms with Crippen LogP contribution in [0.3, 0.4) is 0 Å². The Morgan fingerprint density at radius 3 is 2.45 bits per heavy atom. The summed E-state index contributed by atoms with van der Waals surface area (Å²) >= 11 is 0. The zero-order valence-corrected chi connectivity index (χ0v) is 14.3. The standard InChI is InChI=1S/C22H28/c1-5-6-10-18(4)20(16-15-17(2)3)22-14-9-12-19-11-7-8-13-21(19)22/h5-14,17,20H,15-16H2,1-4H3. The van der Waals surface area contributed by atoms with Crippen LogP contribution < -0.4 is 0 Å². The van der Waals surface area contributed by atoms with E-state index < -0.39 is 0 Å². The largest absolute Gasteiger partial charge is 0.0877 e. The van der Waals surface area contributed by atoms with Gasteiger partial charge in [-0.3, -0.25) is 0 Å². The van der Waals surface area contributed by atoms with Gasteiger partial charge < -0.3 is 0 Å². The Hall–Kier alpha value is -1.82. The van der Waals surface area contributed by atoms with E-state index in [2.05, 4.69) is 88.4 Å². The summed E-state index contributed by atoms with van der Waals surface area (Å²) in [6.07, 6.45) is 9.00. The molecule has 0 saturated heterocycles. The number of hydrogen-bond acceptors (Lipinski definition) is 0. The second kappa shape index (κ2) is 7.98. The molecule has 2 rings (SSSR count). The highest BCUT2D eigenvalue weighted by atomic mass is 14.2. The Morgan fingerprint density at radius 1 is 1.00 bits per heavy atom. The summed E-state index contributed by atoms with van der Waals surface area (Å²) in [5.41, 5.74) is 2.92. The fourth-order valence-corrected chi connectivity index (χ4v) is 3.05. The molecule has 0 aromatic heterocycles. The molecule has 0 heterocycles. The maximum absolute atomic E-state index is 2.31. The van der Waals surface area contributed by atoms with E-state index in [0.29, 0.717) is 5.92 Å². The van der Waals surface area contributed by atoms with Crippen molar-refractivity contribution in [2.45, 2.75) is 46.5 Å². The van der Waals surface area contributed by atoms with Gasteiger partial charge in [0, 0.05) is 5.92 Å². The maximum Gasteiger partial charge on any atom is 0.00547 e. The van der Waals surface area contributed by atoms with Gasteiger partial charge in [0.05, 0.1) is 0 Å². The van der Waals surface area contributed by atoms with E-state index in [1.165, 1.54) is 34.8 Å². The number of fused-ring (bicyclic) bond motifs is 1. The van der Waals surface area contributed by atoms with Crippen molar-refractivity contribution in [1.82, 2.24) is 0 Å². The van der Waals surface area contributed by atoms with Crippen molar-refractivity contribution in [3.05, 3.63) is 71.8 Å². The average molecular weight is 292 g/mol. The van der Waals surface area contributed by atoms with Crippen LogP contribution in [0.5, 0.6) is 0 Å². The van der Waals surface area contributed by atoms with E-state index >= 15 is 0 Å². The van der Waals surface area contributed by atoms with Gasteiger partial charge in [-0.25, -0.2) is 0 Å². The molecule has 1 unspecified atom stereocenters. The molecular formula is C22H28. The predicted octanol–water partition coefficient (Wildman–Crippen LogP) is 6.88. The zero-order chi connectivity index (χ0) is 15.9. The van der Waals surface area contributed by atoms with Gasteiger partial charge in [-0.05, 0) is 42.5 Å². The molecule has 0 radical (unpaired) electrons. The fraction of sp³-hybridized carbons (Fsp3) is 0.364. The Kier molecular flexibility index (Phi) is 6.00. The summed E-state index contributed by atoms with van der Waals surface area (Å²) in [4.78, 5) is 0. The monoisotopic (exact) mass is 292 g/mol. The third kappa shape index (κ3) is 4.10. The first-order valence-electron chi connectivity index (χ1n) is 8.40. The third-order valence-corrected chi connectivity index (χ3v) is 4.33. The second-order valence-electron chi connectivity index (χ2n) is 6.53. The van der Waals surface area contributed by atoms with E-state index in [1.807, 2.05) is 0 Å². The summed E-state index contributed by atoms with van der Waals surface area (Å²) in [7, 11) is 0. The van der Waals surface area contributed by atoms with Gasteiger partial charge >= 0.3 is 0 Å². The van der Waals surface area contributed by atoms with Crippen molar-refractivity contribution >= 4 is 10.8 Å². The molecular weight excluding hydrogens is 264 g/mol. The van der Waals surface area contributed by atoms with Gasteiger partial charge in [0.15, 0.2) is 0 Å². The van der Waals surface area contributed by atoms with Gasteiger partial charge in [0.25, 0.3) is 0 Å². The van der Waals surface area contributed by atoms with Gasteiger partial charge in [-0.1, -0.05) is 86.5 Å². The lowest BCUT2D eigenvalue weighted by Gasteiger charge is -2.21. The zero-order valence-electron chi connectivity index (χ0n) is 14.3. The Labute approximate surface area is 135 Å². The van der Waals surface area contributed by atoms with Gasteiger partial charge in [0.1, 0.15) is 0 Å². The lowest BCUT2D eigenvalue weighted by atomic mass is 9.83. The summed E-state index contributed by atoms with van der Waals surface area (Å²) in [6, 6.07) is 15.5. The second-order valence-corrected chi connectivity index (χ2v) is 6.53. The minimum Gasteiger partial charge on any atom is -0.0877 e. The molecule has 0 aliphatic carbocycles. The molecule has 0 N–H and O–H groups in total. The molecule has 0 spiro atoms. The van der Waals surface area contributed by atoms with Gasteiger partial charge in [0.2, 0.25) is 0 Å². The highest BCUT2D eigenvalue weighted by Gasteiger charge is 2.16. The van der Waals surface area contributed by atoms with Gasteiger partial charge in [-0.2, -0.15) is 0 Å². The normalized spacial score (nSPS) is 14.1. The van der Waals surface area contributed by atoms with Crippen molar-refractivity contribution in [3.8, 4) is 0 Å². The first-order valence-corrected chi connectivity index (χ1v) is 8.40. The van der Waals surface area contributed by atoms with E-state index in [0.717, 1.165) is 5.92 Å². The molecule has 0 fully saturated rings. The van der Waals surface area contributed by atoms with Crippen molar-refractivity contribution < 1.29 is 0 Å². The fourth-order valence-electron chi connectivity index (χ4n) is 3.05.